The van der Waals surface area contributed by atoms with Crippen molar-refractivity contribution in [1.82, 2.24) is 9.97 Å². The van der Waals surface area contributed by atoms with Crippen molar-refractivity contribution in [3.05, 3.63) is 61.7 Å². The predicted molar refractivity (Wildman–Crippen MR) is 120 cm³/mol. The van der Waals surface area contributed by atoms with Gasteiger partial charge >= 0.3 is 5.97 Å². The Morgan fingerprint density at radius 2 is 2.10 bits per heavy atom. The lowest BCUT2D eigenvalue weighted by Crippen LogP contribution is -2.15. The highest BCUT2D eigenvalue weighted by molar-refractivity contribution is 7.18. The number of rotatable bonds is 2. The minimum atomic E-state index is -1.20. The van der Waals surface area contributed by atoms with Crippen LogP contribution in [0.3, 0.4) is 0 Å². The normalized spacial score (nSPS) is 12.4. The quantitative estimate of drug-likeness (QED) is 0.425. The highest BCUT2D eigenvalue weighted by Crippen LogP contribution is 2.34. The molecule has 0 unspecified atom stereocenters. The van der Waals surface area contributed by atoms with E-state index in [2.05, 4.69) is 23.0 Å². The molecule has 0 atom stereocenters. The van der Waals surface area contributed by atoms with Gasteiger partial charge in [0, 0.05) is 16.8 Å². The van der Waals surface area contributed by atoms with Gasteiger partial charge in [-0.2, -0.15) is 0 Å². The number of carbonyl (C=O) groups is 1. The van der Waals surface area contributed by atoms with Crippen LogP contribution in [0.1, 0.15) is 44.4 Å². The minimum Gasteiger partial charge on any atom is -0.475 e. The molecule has 4 N–H and O–H groups in total. The third-order valence-electron chi connectivity index (χ3n) is 5.25. The van der Waals surface area contributed by atoms with Gasteiger partial charge in [-0.15, -0.1) is 23.7 Å². The molecule has 0 radical (unpaired) electrons. The third-order valence-corrected chi connectivity index (χ3v) is 6.44. The number of nitrogens with zero attached hydrogens (tertiary/aromatic N) is 1. The van der Waals surface area contributed by atoms with Gasteiger partial charge in [-0.25, -0.2) is 9.78 Å². The van der Waals surface area contributed by atoms with E-state index in [9.17, 15) is 9.59 Å². The van der Waals surface area contributed by atoms with E-state index in [1.54, 1.807) is 0 Å². The first-order valence-electron chi connectivity index (χ1n) is 9.35. The van der Waals surface area contributed by atoms with Gasteiger partial charge < -0.3 is 20.2 Å². The van der Waals surface area contributed by atoms with Crippen LogP contribution in [0, 0.1) is 13.8 Å². The molecule has 158 valence electrons. The highest BCUT2D eigenvalue weighted by Gasteiger charge is 2.22. The molecule has 0 spiro atoms. The summed E-state index contributed by atoms with van der Waals surface area (Å²) in [7, 11) is 0. The molecule has 0 saturated carbocycles. The lowest BCUT2D eigenvalue weighted by molar-refractivity contribution is 0.0683. The second kappa shape index (κ2) is 8.59. The summed E-state index contributed by atoms with van der Waals surface area (Å²) in [5.41, 5.74) is 9.61. The van der Waals surface area contributed by atoms with E-state index >= 15 is 0 Å². The number of fused-ring (bicyclic) bond motifs is 4. The number of carboxylic acids is 1. The smallest absolute Gasteiger partial charge is 0.372 e. The molecule has 4 aromatic rings. The molecule has 5 rings (SSSR count). The second-order valence-corrected chi connectivity index (χ2v) is 8.16. The van der Waals surface area contributed by atoms with Crippen LogP contribution in [0.5, 0.6) is 0 Å². The number of furan rings is 1. The highest BCUT2D eigenvalue weighted by atomic mass is 35.5. The molecule has 1 aliphatic carbocycles. The Bertz CT molecular complexity index is 1310. The number of hydrogen-bond acceptors (Lipinski definition) is 6. The molecule has 1 aromatic carbocycles. The van der Waals surface area contributed by atoms with Crippen molar-refractivity contribution in [2.24, 2.45) is 5.73 Å². The molecule has 0 amide bonds. The average molecular weight is 448 g/mol. The van der Waals surface area contributed by atoms with E-state index in [1.165, 1.54) is 27.2 Å². The first-order valence-corrected chi connectivity index (χ1v) is 10.2. The number of nitrogens with two attached hydrogens (primary N) is 1. The van der Waals surface area contributed by atoms with Gasteiger partial charge in [0.05, 0.1) is 5.39 Å². The number of thiophene rings is 1. The monoisotopic (exact) mass is 447 g/mol. The first-order chi connectivity index (χ1) is 13.9. The molecule has 0 bridgehead atoms. The lowest BCUT2D eigenvalue weighted by atomic mass is 10.1. The largest absolute Gasteiger partial charge is 0.475 e. The van der Waals surface area contributed by atoms with Gasteiger partial charge in [0.15, 0.2) is 0 Å². The number of H-pyrrole nitrogens is 1. The number of carboxylic acid groups (broad SMARTS) is 1. The number of halogens is 1. The summed E-state index contributed by atoms with van der Waals surface area (Å²) in [6.07, 6.45) is 2.93. The Morgan fingerprint density at radius 3 is 2.80 bits per heavy atom. The summed E-state index contributed by atoms with van der Waals surface area (Å²) < 4.78 is 5.56. The zero-order chi connectivity index (χ0) is 20.7. The molecule has 3 heterocycles. The fraction of sp³-hybridized carbons (Fsp3) is 0.286. The number of aromatic carboxylic acids is 1. The fourth-order valence-electron chi connectivity index (χ4n) is 3.62. The Labute approximate surface area is 182 Å². The van der Waals surface area contributed by atoms with Gasteiger partial charge in [0.1, 0.15) is 16.2 Å². The zero-order valence-electron chi connectivity index (χ0n) is 16.6. The Balaban J connectivity index is 0.000000169. The van der Waals surface area contributed by atoms with Gasteiger partial charge in [-0.3, -0.25) is 4.79 Å². The molecule has 3 aromatic heterocycles. The van der Waals surface area contributed by atoms with Crippen molar-refractivity contribution >= 4 is 50.9 Å². The maximum Gasteiger partial charge on any atom is 0.372 e. The van der Waals surface area contributed by atoms with Crippen LogP contribution in [0.4, 0.5) is 0 Å². The SMILES string of the molecule is Cc1oc2ccc(CN)cc2c1C.Cl.O=C(O)c1nc2sc3c(c2c(=O)[nH]1)CCC3. The summed E-state index contributed by atoms with van der Waals surface area (Å²) in [5, 5.41) is 10.6. The molecule has 9 heteroatoms. The van der Waals surface area contributed by atoms with E-state index in [0.717, 1.165) is 41.7 Å². The number of aryl methyl sites for hydroxylation is 4. The minimum absolute atomic E-state index is 0. The topological polar surface area (TPSA) is 122 Å². The second-order valence-electron chi connectivity index (χ2n) is 7.08. The Hall–Kier alpha value is -2.68. The predicted octanol–water partition coefficient (Wildman–Crippen LogP) is 4.10. The van der Waals surface area contributed by atoms with E-state index in [0.29, 0.717) is 16.8 Å². The number of aromatic amines is 1. The van der Waals surface area contributed by atoms with E-state index in [1.807, 2.05) is 19.1 Å². The van der Waals surface area contributed by atoms with Crippen LogP contribution in [-0.2, 0) is 19.4 Å². The molecular weight excluding hydrogens is 426 g/mol. The number of benzene rings is 1. The van der Waals surface area contributed by atoms with Crippen molar-refractivity contribution in [3.63, 3.8) is 0 Å². The van der Waals surface area contributed by atoms with E-state index < -0.39 is 5.97 Å². The molecule has 1 aliphatic rings. The number of nitrogens with one attached hydrogen (secondary N) is 1. The molecule has 0 aliphatic heterocycles. The summed E-state index contributed by atoms with van der Waals surface area (Å²) >= 11 is 1.44. The molecule has 0 saturated heterocycles. The fourth-order valence-corrected chi connectivity index (χ4v) is 4.88. The maximum atomic E-state index is 11.8. The summed E-state index contributed by atoms with van der Waals surface area (Å²) in [6, 6.07) is 6.09. The van der Waals surface area contributed by atoms with Crippen LogP contribution in [0.15, 0.2) is 27.4 Å². The van der Waals surface area contributed by atoms with Crippen molar-refractivity contribution in [2.75, 3.05) is 0 Å². The van der Waals surface area contributed by atoms with Crippen molar-refractivity contribution in [3.8, 4) is 0 Å². The third kappa shape index (κ3) is 3.86. The summed E-state index contributed by atoms with van der Waals surface area (Å²) in [5.74, 6) is -0.492. The zero-order valence-corrected chi connectivity index (χ0v) is 18.2. The lowest BCUT2D eigenvalue weighted by Gasteiger charge is -1.95. The van der Waals surface area contributed by atoms with Crippen LogP contribution in [-0.4, -0.2) is 21.0 Å². The van der Waals surface area contributed by atoms with Crippen molar-refractivity contribution in [2.45, 2.75) is 39.7 Å². The average Bonchev–Trinajstić information content (AvgIpc) is 3.35. The molecule has 30 heavy (non-hydrogen) atoms. The Morgan fingerprint density at radius 1 is 1.33 bits per heavy atom. The Kier molecular flexibility index (Phi) is 6.30. The number of aromatic nitrogens is 2. The van der Waals surface area contributed by atoms with E-state index in [4.69, 9.17) is 15.3 Å². The summed E-state index contributed by atoms with van der Waals surface area (Å²) in [4.78, 5) is 30.5. The van der Waals surface area contributed by atoms with Gasteiger partial charge in [0.2, 0.25) is 5.82 Å². The van der Waals surface area contributed by atoms with E-state index in [-0.39, 0.29) is 23.8 Å². The molecule has 0 fully saturated rings. The van der Waals surface area contributed by atoms with Crippen molar-refractivity contribution in [1.29, 1.82) is 0 Å². The van der Waals surface area contributed by atoms with Gasteiger partial charge in [-0.05, 0) is 61.9 Å². The molecular formula is C21H22ClN3O4S. The van der Waals surface area contributed by atoms with Crippen LogP contribution in [0.25, 0.3) is 21.2 Å². The van der Waals surface area contributed by atoms with Crippen LogP contribution < -0.4 is 11.3 Å². The maximum absolute atomic E-state index is 11.8. The van der Waals surface area contributed by atoms with Gasteiger partial charge in [-0.1, -0.05) is 6.07 Å². The first kappa shape index (κ1) is 22.0. The summed E-state index contributed by atoms with van der Waals surface area (Å²) in [6.45, 7) is 4.64. The molecule has 7 nitrogen and oxygen atoms in total. The van der Waals surface area contributed by atoms with Gasteiger partial charge in [0.25, 0.3) is 5.56 Å². The van der Waals surface area contributed by atoms with Crippen LogP contribution in [0.2, 0.25) is 0 Å². The van der Waals surface area contributed by atoms with Crippen molar-refractivity contribution < 1.29 is 14.3 Å². The van der Waals surface area contributed by atoms with Crippen LogP contribution >= 0.6 is 23.7 Å². The number of hydrogen-bond donors (Lipinski definition) is 3. The standard InChI is InChI=1S/C11H13NO.C10H8N2O3S.ClH/c1-7-8(2)13-11-4-3-9(6-12)5-10(7)11;13-8-6-4-2-1-3-5(4)16-9(6)12-7(11-8)10(14)15;/h3-5H,6,12H2,1-2H3;1-3H2,(H,14,15)(H,11,12,13);1H.